The Morgan fingerprint density at radius 2 is 0.708 bits per heavy atom. The van der Waals surface area contributed by atoms with Crippen LogP contribution in [0.4, 0.5) is 17.1 Å². The highest BCUT2D eigenvalue weighted by molar-refractivity contribution is 14.1. The van der Waals surface area contributed by atoms with Crippen molar-refractivity contribution in [2.24, 2.45) is 0 Å². The van der Waals surface area contributed by atoms with Gasteiger partial charge in [-0.25, -0.2) is 0 Å². The summed E-state index contributed by atoms with van der Waals surface area (Å²) >= 11 is 11.5. The number of hydrogen-bond donors (Lipinski definition) is 6. The SMILES string of the molecule is C=CCN(C)C(=O)c1c(I)c(NC(=O)COC(C)=O)c(C)c(C(=O)NCCN(CCNC(=O)c2c(C)c(NC(=O)COC(C)=O)c(I)c(C(=O)N(C)CC=C)c2I)CCNC(=O)c2c(I)c(NC(=O)COC(C)=O)c(I)c(C(=O)N(C)CC=C)c2CC)c1I. The van der Waals surface area contributed by atoms with Crippen LogP contribution in [0.2, 0.25) is 0 Å². The van der Waals surface area contributed by atoms with Gasteiger partial charge in [0.2, 0.25) is 0 Å². The molecular formula is C58H68I6N10O15. The first-order valence-electron chi connectivity index (χ1n) is 26.9. The minimum Gasteiger partial charge on any atom is -0.456 e. The van der Waals surface area contributed by atoms with Crippen molar-refractivity contribution in [3.63, 3.8) is 0 Å². The maximum Gasteiger partial charge on any atom is 0.303 e. The monoisotopic (exact) mass is 1910 g/mol. The van der Waals surface area contributed by atoms with E-state index in [2.05, 4.69) is 51.6 Å². The molecule has 0 unspecified atom stereocenters. The van der Waals surface area contributed by atoms with E-state index >= 15 is 0 Å². The first-order valence-corrected chi connectivity index (χ1v) is 33.3. The van der Waals surface area contributed by atoms with Gasteiger partial charge in [-0.2, -0.15) is 0 Å². The predicted octanol–water partition coefficient (Wildman–Crippen LogP) is 6.66. The quantitative estimate of drug-likeness (QED) is 0.0170. The lowest BCUT2D eigenvalue weighted by Gasteiger charge is -2.26. The molecule has 3 aromatic carbocycles. The zero-order valence-electron chi connectivity index (χ0n) is 50.2. The second-order valence-corrected chi connectivity index (χ2v) is 25.8. The predicted molar refractivity (Wildman–Crippen MR) is 385 cm³/mol. The maximum atomic E-state index is 14.7. The Morgan fingerprint density at radius 3 is 1.01 bits per heavy atom. The lowest BCUT2D eigenvalue weighted by molar-refractivity contribution is -0.145. The van der Waals surface area contributed by atoms with Gasteiger partial charge in [-0.05, 0) is 173 Å². The average Bonchev–Trinajstić information content (AvgIpc) is 0.856. The standard InChI is InChI=1S/C58H68I6N10O15/c1-13-20-71(10)56(84)41-34(16-4)40(46(61)52(47(41)62)70-37(80)28-89-33(9)77)55(83)67-19-25-74(23-17-65-53(81)38-29(5)50(68-35(78)26-87-31(7)75)48(63)42(44(38)59)57(85)72(11)21-14-2)24-18-66-54(82)39-30(6)51(69-36(79)27-88-32(8)76)49(64)43(45(39)60)58(86)73(12)22-15-3/h13-15H,1-3,16-28H2,4-12H3,(H,65,81)(H,66,82)(H,67,83)(H,68,78)(H,69,79)(H,70,80). The summed E-state index contributed by atoms with van der Waals surface area (Å²) in [6.07, 6.45) is 4.78. The molecule has 0 atom stereocenters. The molecule has 31 heteroatoms. The van der Waals surface area contributed by atoms with Gasteiger partial charge in [0.05, 0.1) is 64.7 Å². The summed E-state index contributed by atoms with van der Waals surface area (Å²) in [5.41, 5.74) is 1.97. The molecule has 3 aromatic rings. The summed E-state index contributed by atoms with van der Waals surface area (Å²) in [6.45, 7) is 18.1. The average molecular weight is 1910 g/mol. The molecule has 6 N–H and O–H groups in total. The molecule has 0 bridgehead atoms. The second kappa shape index (κ2) is 37.4. The van der Waals surface area contributed by atoms with Crippen molar-refractivity contribution >= 4 is 224 Å². The van der Waals surface area contributed by atoms with Gasteiger partial charge in [0.25, 0.3) is 53.2 Å². The molecule has 0 heterocycles. The van der Waals surface area contributed by atoms with Gasteiger partial charge in [-0.1, -0.05) is 25.2 Å². The summed E-state index contributed by atoms with van der Waals surface area (Å²) in [5.74, 6) is -7.58. The summed E-state index contributed by atoms with van der Waals surface area (Å²) < 4.78 is 16.5. The number of anilines is 3. The molecule has 0 spiro atoms. The third-order valence-corrected chi connectivity index (χ3v) is 19.3. The Morgan fingerprint density at radius 1 is 0.427 bits per heavy atom. The molecule has 0 saturated heterocycles. The molecule has 89 heavy (non-hydrogen) atoms. The molecule has 25 nitrogen and oxygen atoms in total. The fourth-order valence-corrected chi connectivity index (χ4v) is 16.3. The van der Waals surface area contributed by atoms with E-state index in [1.807, 2.05) is 140 Å². The Kier molecular flexibility index (Phi) is 32.8. The van der Waals surface area contributed by atoms with Crippen LogP contribution < -0.4 is 31.9 Å². The van der Waals surface area contributed by atoms with Crippen molar-refractivity contribution in [1.29, 1.82) is 0 Å². The lowest BCUT2D eigenvalue weighted by atomic mass is 9.95. The maximum absolute atomic E-state index is 14.7. The normalized spacial score (nSPS) is 10.7. The number of ether oxygens (including phenoxy) is 3. The zero-order chi connectivity index (χ0) is 67.3. The summed E-state index contributed by atoms with van der Waals surface area (Å²) in [5, 5.41) is 16.9. The third kappa shape index (κ3) is 21.5. The molecule has 0 aromatic heterocycles. The van der Waals surface area contributed by atoms with Crippen LogP contribution in [0.25, 0.3) is 0 Å². The van der Waals surface area contributed by atoms with Gasteiger partial charge >= 0.3 is 17.9 Å². The number of likely N-dealkylation sites (N-methyl/N-ethyl adjacent to an activating group) is 3. The van der Waals surface area contributed by atoms with E-state index in [0.29, 0.717) is 27.4 Å². The minimum absolute atomic E-state index is 0.0579. The van der Waals surface area contributed by atoms with Crippen LogP contribution in [0.3, 0.4) is 0 Å². The third-order valence-electron chi connectivity index (χ3n) is 12.8. The largest absolute Gasteiger partial charge is 0.456 e. The summed E-state index contributed by atoms with van der Waals surface area (Å²) in [4.78, 5) is 166. The molecule has 0 aliphatic carbocycles. The minimum atomic E-state index is -0.724. The molecule has 0 aliphatic heterocycles. The number of hydrogen-bond acceptors (Lipinski definition) is 16. The van der Waals surface area contributed by atoms with Crippen LogP contribution in [0.5, 0.6) is 0 Å². The smallest absolute Gasteiger partial charge is 0.303 e. The highest BCUT2D eigenvalue weighted by atomic mass is 127. The number of halogens is 6. The van der Waals surface area contributed by atoms with Crippen molar-refractivity contribution in [2.75, 3.05) is 116 Å². The number of nitrogens with zero attached hydrogens (tertiary/aromatic N) is 4. The molecule has 3 rings (SSSR count). The Hall–Kier alpha value is -5.14. The van der Waals surface area contributed by atoms with Crippen LogP contribution in [0, 0.1) is 35.3 Å². The van der Waals surface area contributed by atoms with Gasteiger partial charge in [-0.3, -0.25) is 62.4 Å². The van der Waals surface area contributed by atoms with E-state index in [-0.39, 0.29) is 126 Å². The van der Waals surface area contributed by atoms with E-state index in [4.69, 9.17) is 14.2 Å². The number of rotatable bonds is 31. The molecule has 0 saturated carbocycles. The van der Waals surface area contributed by atoms with Crippen molar-refractivity contribution in [1.82, 2.24) is 35.6 Å². The van der Waals surface area contributed by atoms with Gasteiger partial charge < -0.3 is 60.8 Å². The van der Waals surface area contributed by atoms with E-state index < -0.39 is 90.9 Å². The number of benzene rings is 3. The molecule has 482 valence electrons. The van der Waals surface area contributed by atoms with E-state index in [9.17, 15) is 57.5 Å². The Balaban J connectivity index is 2.18. The van der Waals surface area contributed by atoms with Gasteiger partial charge in [0.15, 0.2) is 19.8 Å². The van der Waals surface area contributed by atoms with Crippen molar-refractivity contribution < 1.29 is 71.7 Å². The van der Waals surface area contributed by atoms with Crippen LogP contribution in [0.1, 0.15) is 107 Å². The van der Waals surface area contributed by atoms with E-state index in [0.717, 1.165) is 20.8 Å². The Labute approximate surface area is 597 Å². The molecule has 0 radical (unpaired) electrons. The number of amides is 9. The van der Waals surface area contributed by atoms with E-state index in [1.165, 1.54) is 32.9 Å². The fourth-order valence-electron chi connectivity index (χ4n) is 8.49. The van der Waals surface area contributed by atoms with Crippen molar-refractivity contribution in [2.45, 2.75) is 48.0 Å². The van der Waals surface area contributed by atoms with Crippen LogP contribution in [0.15, 0.2) is 38.0 Å². The van der Waals surface area contributed by atoms with Crippen LogP contribution in [-0.2, 0) is 49.4 Å². The number of carbonyl (C=O) groups is 12. The van der Waals surface area contributed by atoms with Gasteiger partial charge in [-0.15, -0.1) is 19.7 Å². The zero-order valence-corrected chi connectivity index (χ0v) is 63.2. The molecule has 0 aliphatic rings. The van der Waals surface area contributed by atoms with E-state index in [1.54, 1.807) is 41.9 Å². The van der Waals surface area contributed by atoms with Crippen LogP contribution in [-0.4, -0.2) is 191 Å². The second-order valence-electron chi connectivity index (χ2n) is 19.4. The first-order chi connectivity index (χ1) is 41.8. The van der Waals surface area contributed by atoms with Crippen molar-refractivity contribution in [3.8, 4) is 0 Å². The fraction of sp³-hybridized carbons (Fsp3) is 0.379. The first kappa shape index (κ1) is 78.1. The number of esters is 3. The van der Waals surface area contributed by atoms with Crippen molar-refractivity contribution in [3.05, 3.63) is 109 Å². The summed E-state index contributed by atoms with van der Waals surface area (Å²) in [6, 6.07) is 0. The van der Waals surface area contributed by atoms with Gasteiger partial charge in [0.1, 0.15) is 0 Å². The Bertz CT molecular complexity index is 3220. The van der Waals surface area contributed by atoms with Crippen LogP contribution >= 0.6 is 136 Å². The molecule has 9 amide bonds. The topological polar surface area (TPSA) is 318 Å². The summed E-state index contributed by atoms with van der Waals surface area (Å²) in [7, 11) is 4.66. The highest BCUT2D eigenvalue weighted by Crippen LogP contribution is 2.38. The lowest BCUT2D eigenvalue weighted by Crippen LogP contribution is -2.43. The molecule has 0 fully saturated rings. The number of carbonyl (C=O) groups excluding carboxylic acids is 12. The van der Waals surface area contributed by atoms with Gasteiger partial charge in [0, 0.05) is 108 Å². The molecular weight excluding hydrogens is 1840 g/mol. The highest BCUT2D eigenvalue weighted by Gasteiger charge is 2.33. The number of nitrogens with one attached hydrogen (secondary N) is 6.